The zero-order valence-corrected chi connectivity index (χ0v) is 14.5. The number of hydrogen-bond acceptors (Lipinski definition) is 2. The van der Waals surface area contributed by atoms with E-state index in [1.807, 2.05) is 0 Å². The first-order chi connectivity index (χ1) is 11.7. The molecule has 2 heterocycles. The second kappa shape index (κ2) is 6.31. The van der Waals surface area contributed by atoms with Crippen LogP contribution in [0, 0.1) is 13.8 Å². The van der Waals surface area contributed by atoms with E-state index in [1.54, 1.807) is 0 Å². The maximum absolute atomic E-state index is 4.95. The molecule has 3 nitrogen and oxygen atoms in total. The van der Waals surface area contributed by atoms with E-state index in [-0.39, 0.29) is 0 Å². The van der Waals surface area contributed by atoms with Gasteiger partial charge in [0.15, 0.2) is 0 Å². The first kappa shape index (κ1) is 15.3. The first-order valence-corrected chi connectivity index (χ1v) is 9.03. The molecule has 3 heteroatoms. The van der Waals surface area contributed by atoms with Gasteiger partial charge in [-0.2, -0.15) is 0 Å². The van der Waals surface area contributed by atoms with Crippen molar-refractivity contribution < 1.29 is 0 Å². The van der Waals surface area contributed by atoms with Gasteiger partial charge in [0, 0.05) is 17.8 Å². The van der Waals surface area contributed by atoms with Crippen LogP contribution < -0.4 is 5.32 Å². The Bertz CT molecular complexity index is 857. The molecule has 3 aromatic rings. The van der Waals surface area contributed by atoms with Gasteiger partial charge in [0.2, 0.25) is 0 Å². The summed E-state index contributed by atoms with van der Waals surface area (Å²) in [6.07, 6.45) is 8.68. The van der Waals surface area contributed by atoms with E-state index in [9.17, 15) is 0 Å². The van der Waals surface area contributed by atoms with Crippen LogP contribution in [0.15, 0.2) is 42.6 Å². The van der Waals surface area contributed by atoms with Crippen LogP contribution in [0.25, 0.3) is 16.9 Å². The van der Waals surface area contributed by atoms with Gasteiger partial charge < -0.3 is 5.32 Å². The third-order valence-electron chi connectivity index (χ3n) is 5.02. The number of aryl methyl sites for hydroxylation is 2. The lowest BCUT2D eigenvalue weighted by Gasteiger charge is -2.24. The quantitative estimate of drug-likeness (QED) is 0.704. The molecule has 24 heavy (non-hydrogen) atoms. The molecule has 0 unspecified atom stereocenters. The van der Waals surface area contributed by atoms with E-state index in [1.165, 1.54) is 48.8 Å². The van der Waals surface area contributed by atoms with Crippen LogP contribution in [0.1, 0.15) is 43.2 Å². The molecule has 0 atom stereocenters. The van der Waals surface area contributed by atoms with Crippen molar-refractivity contribution in [2.45, 2.75) is 52.0 Å². The topological polar surface area (TPSA) is 29.3 Å². The summed E-state index contributed by atoms with van der Waals surface area (Å²) in [5, 5.41) is 3.81. The van der Waals surface area contributed by atoms with Crippen molar-refractivity contribution in [3.05, 3.63) is 53.7 Å². The number of nitrogens with one attached hydrogen (secondary N) is 1. The average molecular weight is 319 g/mol. The third-order valence-corrected chi connectivity index (χ3v) is 5.02. The smallest absolute Gasteiger partial charge is 0.139 e. The summed E-state index contributed by atoms with van der Waals surface area (Å²) in [5.41, 5.74) is 5.78. The molecule has 1 N–H and O–H groups in total. The van der Waals surface area contributed by atoms with Gasteiger partial charge in [0.1, 0.15) is 17.2 Å². The number of aromatic nitrogens is 2. The SMILES string of the molecule is Cc1cccc(-c2nc3cc(C)ccn3c2NC2CCCCC2)c1. The number of rotatable bonds is 3. The highest BCUT2D eigenvalue weighted by atomic mass is 15.1. The van der Waals surface area contributed by atoms with Gasteiger partial charge in [-0.15, -0.1) is 0 Å². The van der Waals surface area contributed by atoms with Crippen molar-refractivity contribution in [2.75, 3.05) is 5.32 Å². The van der Waals surface area contributed by atoms with Crippen molar-refractivity contribution in [1.29, 1.82) is 0 Å². The number of imidazole rings is 1. The Hall–Kier alpha value is -2.29. The van der Waals surface area contributed by atoms with Crippen LogP contribution >= 0.6 is 0 Å². The molecule has 1 aliphatic rings. The molecule has 0 radical (unpaired) electrons. The largest absolute Gasteiger partial charge is 0.367 e. The second-order valence-corrected chi connectivity index (χ2v) is 7.09. The first-order valence-electron chi connectivity index (χ1n) is 9.03. The van der Waals surface area contributed by atoms with E-state index in [0.717, 1.165) is 17.2 Å². The van der Waals surface area contributed by atoms with Crippen LogP contribution in [0.2, 0.25) is 0 Å². The summed E-state index contributed by atoms with van der Waals surface area (Å²) >= 11 is 0. The summed E-state index contributed by atoms with van der Waals surface area (Å²) in [5.74, 6) is 1.14. The van der Waals surface area contributed by atoms with Crippen LogP contribution in [0.5, 0.6) is 0 Å². The number of nitrogens with zero attached hydrogens (tertiary/aromatic N) is 2. The van der Waals surface area contributed by atoms with E-state index < -0.39 is 0 Å². The molecule has 1 fully saturated rings. The summed E-state index contributed by atoms with van der Waals surface area (Å²) < 4.78 is 2.21. The van der Waals surface area contributed by atoms with Gasteiger partial charge in [0.25, 0.3) is 0 Å². The van der Waals surface area contributed by atoms with Crippen molar-refractivity contribution in [2.24, 2.45) is 0 Å². The molecular formula is C21H25N3. The van der Waals surface area contributed by atoms with Gasteiger partial charge in [-0.25, -0.2) is 4.98 Å². The molecule has 0 amide bonds. The standard InChI is InChI=1S/C21H25N3/c1-15-7-6-8-17(13-15)20-21(22-18-9-4-3-5-10-18)24-12-11-16(2)14-19(24)23-20/h6-8,11-14,18,22H,3-5,9-10H2,1-2H3. The van der Waals surface area contributed by atoms with E-state index in [2.05, 4.69) is 66.2 Å². The Morgan fingerprint density at radius 2 is 1.79 bits per heavy atom. The molecular weight excluding hydrogens is 294 g/mol. The minimum Gasteiger partial charge on any atom is -0.367 e. The molecule has 124 valence electrons. The van der Waals surface area contributed by atoms with Crippen molar-refractivity contribution >= 4 is 11.5 Å². The maximum Gasteiger partial charge on any atom is 0.139 e. The molecule has 2 aromatic heterocycles. The zero-order chi connectivity index (χ0) is 16.5. The van der Waals surface area contributed by atoms with Crippen molar-refractivity contribution in [3.63, 3.8) is 0 Å². The highest BCUT2D eigenvalue weighted by molar-refractivity contribution is 5.77. The van der Waals surface area contributed by atoms with Gasteiger partial charge in [-0.1, -0.05) is 43.0 Å². The number of anilines is 1. The minimum absolute atomic E-state index is 0.559. The molecule has 0 spiro atoms. The molecule has 0 aliphatic heterocycles. The van der Waals surface area contributed by atoms with E-state index in [4.69, 9.17) is 4.98 Å². The highest BCUT2D eigenvalue weighted by Gasteiger charge is 2.19. The summed E-state index contributed by atoms with van der Waals surface area (Å²) in [7, 11) is 0. The number of fused-ring (bicyclic) bond motifs is 1. The number of hydrogen-bond donors (Lipinski definition) is 1. The number of pyridine rings is 1. The summed E-state index contributed by atoms with van der Waals surface area (Å²) in [6.45, 7) is 4.26. The van der Waals surface area contributed by atoms with Gasteiger partial charge in [-0.05, 0) is 50.5 Å². The highest BCUT2D eigenvalue weighted by Crippen LogP contribution is 2.32. The maximum atomic E-state index is 4.95. The molecule has 0 saturated heterocycles. The van der Waals surface area contributed by atoms with Crippen LogP contribution in [0.3, 0.4) is 0 Å². The second-order valence-electron chi connectivity index (χ2n) is 7.09. The Labute approximate surface area is 143 Å². The van der Waals surface area contributed by atoms with Crippen LogP contribution in [-0.4, -0.2) is 15.4 Å². The fourth-order valence-corrected chi connectivity index (χ4v) is 3.72. The summed E-state index contributed by atoms with van der Waals surface area (Å²) in [6, 6.07) is 13.5. The lowest BCUT2D eigenvalue weighted by atomic mass is 9.95. The molecule has 1 aliphatic carbocycles. The molecule has 1 aromatic carbocycles. The zero-order valence-electron chi connectivity index (χ0n) is 14.5. The van der Waals surface area contributed by atoms with Gasteiger partial charge in [0.05, 0.1) is 0 Å². The van der Waals surface area contributed by atoms with Crippen molar-refractivity contribution in [3.8, 4) is 11.3 Å². The normalized spacial score (nSPS) is 15.8. The van der Waals surface area contributed by atoms with Crippen molar-refractivity contribution in [1.82, 2.24) is 9.38 Å². The average Bonchev–Trinajstić information content (AvgIpc) is 2.93. The third kappa shape index (κ3) is 2.91. The Balaban J connectivity index is 1.83. The van der Waals surface area contributed by atoms with Crippen LogP contribution in [-0.2, 0) is 0 Å². The predicted molar refractivity (Wildman–Crippen MR) is 101 cm³/mol. The van der Waals surface area contributed by atoms with E-state index in [0.29, 0.717) is 6.04 Å². The van der Waals surface area contributed by atoms with Crippen LogP contribution in [0.4, 0.5) is 5.82 Å². The van der Waals surface area contributed by atoms with E-state index >= 15 is 0 Å². The van der Waals surface area contributed by atoms with Gasteiger partial charge >= 0.3 is 0 Å². The fraction of sp³-hybridized carbons (Fsp3) is 0.381. The summed E-state index contributed by atoms with van der Waals surface area (Å²) in [4.78, 5) is 4.95. The Morgan fingerprint density at radius 3 is 2.58 bits per heavy atom. The van der Waals surface area contributed by atoms with Gasteiger partial charge in [-0.3, -0.25) is 4.40 Å². The Morgan fingerprint density at radius 1 is 1.00 bits per heavy atom. The predicted octanol–water partition coefficient (Wildman–Crippen LogP) is 5.36. The molecule has 1 saturated carbocycles. The Kier molecular flexibility index (Phi) is 4.01. The monoisotopic (exact) mass is 319 g/mol. The lowest BCUT2D eigenvalue weighted by molar-refractivity contribution is 0.462. The lowest BCUT2D eigenvalue weighted by Crippen LogP contribution is -2.23. The minimum atomic E-state index is 0.559. The fourth-order valence-electron chi connectivity index (χ4n) is 3.72. The molecule has 4 rings (SSSR count). The molecule has 0 bridgehead atoms. The number of benzene rings is 1.